The van der Waals surface area contributed by atoms with Crippen LogP contribution in [0.3, 0.4) is 0 Å². The molecular formula is C14H16N4O4. The topological polar surface area (TPSA) is 110 Å². The summed E-state index contributed by atoms with van der Waals surface area (Å²) in [4.78, 5) is 36.4. The van der Waals surface area contributed by atoms with Crippen LogP contribution in [0.15, 0.2) is 26.4 Å². The average molecular weight is 304 g/mol. The number of H-pyrrole nitrogens is 1. The number of carbonyl (C=O) groups is 1. The van der Waals surface area contributed by atoms with E-state index < -0.39 is 11.2 Å². The Morgan fingerprint density at radius 1 is 1.36 bits per heavy atom. The monoisotopic (exact) mass is 304 g/mol. The number of hydrogen-bond acceptors (Lipinski definition) is 5. The summed E-state index contributed by atoms with van der Waals surface area (Å²) in [5, 5.41) is 6.71. The molecule has 0 aromatic carbocycles. The Balaban J connectivity index is 1.62. The second-order valence-corrected chi connectivity index (χ2v) is 5.25. The maximum absolute atomic E-state index is 11.9. The molecule has 1 aliphatic carbocycles. The van der Waals surface area contributed by atoms with Gasteiger partial charge >= 0.3 is 5.69 Å². The van der Waals surface area contributed by atoms with Gasteiger partial charge < -0.3 is 9.84 Å². The van der Waals surface area contributed by atoms with E-state index in [0.29, 0.717) is 0 Å². The van der Waals surface area contributed by atoms with E-state index in [1.54, 1.807) is 0 Å². The Morgan fingerprint density at radius 2 is 2.18 bits per heavy atom. The molecule has 0 atom stereocenters. The smallest absolute Gasteiger partial charge is 0.328 e. The van der Waals surface area contributed by atoms with Crippen molar-refractivity contribution in [2.24, 2.45) is 0 Å². The number of rotatable bonds is 4. The van der Waals surface area contributed by atoms with Crippen molar-refractivity contribution in [1.29, 1.82) is 0 Å². The molecule has 0 bridgehead atoms. The van der Waals surface area contributed by atoms with Crippen molar-refractivity contribution in [2.75, 3.05) is 0 Å². The van der Waals surface area contributed by atoms with Gasteiger partial charge in [0.25, 0.3) is 5.56 Å². The molecule has 0 aliphatic heterocycles. The summed E-state index contributed by atoms with van der Waals surface area (Å²) in [5.41, 5.74) is 0.738. The molecule has 8 nitrogen and oxygen atoms in total. The van der Waals surface area contributed by atoms with E-state index in [2.05, 4.69) is 15.5 Å². The average Bonchev–Trinajstić information content (AvgIpc) is 2.91. The number of nitrogens with one attached hydrogen (secondary N) is 2. The number of nitrogens with zero attached hydrogens (tertiary/aromatic N) is 2. The van der Waals surface area contributed by atoms with Crippen molar-refractivity contribution in [3.8, 4) is 0 Å². The standard InChI is InChI=1S/C14H16N4O4/c19-12-5-6-18(14(21)16-12)8-13(20)15-7-10-9-3-1-2-4-11(9)22-17-10/h5-6H,1-4,7-8H2,(H,15,20)(H,16,19,21). The first-order chi connectivity index (χ1) is 10.6. The van der Waals surface area contributed by atoms with Crippen molar-refractivity contribution >= 4 is 5.91 Å². The lowest BCUT2D eigenvalue weighted by Crippen LogP contribution is -2.35. The molecule has 0 saturated heterocycles. The Kier molecular flexibility index (Phi) is 3.90. The van der Waals surface area contributed by atoms with E-state index in [1.165, 1.54) is 12.3 Å². The van der Waals surface area contributed by atoms with Crippen LogP contribution in [0.5, 0.6) is 0 Å². The minimum Gasteiger partial charge on any atom is -0.361 e. The number of aryl methyl sites for hydroxylation is 1. The van der Waals surface area contributed by atoms with Crippen LogP contribution in [0.4, 0.5) is 0 Å². The first-order valence-electron chi connectivity index (χ1n) is 7.16. The van der Waals surface area contributed by atoms with Crippen molar-refractivity contribution in [3.05, 3.63) is 50.1 Å². The Hall–Kier alpha value is -2.64. The van der Waals surface area contributed by atoms with Gasteiger partial charge in [-0.2, -0.15) is 0 Å². The summed E-state index contributed by atoms with van der Waals surface area (Å²) in [6, 6.07) is 1.20. The quantitative estimate of drug-likeness (QED) is 0.807. The van der Waals surface area contributed by atoms with Crippen molar-refractivity contribution in [2.45, 2.75) is 38.8 Å². The maximum Gasteiger partial charge on any atom is 0.328 e. The highest BCUT2D eigenvalue weighted by Gasteiger charge is 2.19. The van der Waals surface area contributed by atoms with E-state index in [-0.39, 0.29) is 19.0 Å². The third-order valence-corrected chi connectivity index (χ3v) is 3.70. The summed E-state index contributed by atoms with van der Waals surface area (Å²) in [6.45, 7) is 0.116. The van der Waals surface area contributed by atoms with Crippen molar-refractivity contribution in [1.82, 2.24) is 20.0 Å². The maximum atomic E-state index is 11.9. The highest BCUT2D eigenvalue weighted by molar-refractivity contribution is 5.75. The zero-order valence-corrected chi connectivity index (χ0v) is 11.9. The second-order valence-electron chi connectivity index (χ2n) is 5.25. The fourth-order valence-corrected chi connectivity index (χ4v) is 2.55. The molecule has 0 radical (unpaired) electrons. The lowest BCUT2D eigenvalue weighted by atomic mass is 9.96. The molecule has 22 heavy (non-hydrogen) atoms. The summed E-state index contributed by atoms with van der Waals surface area (Å²) < 4.78 is 6.41. The molecule has 0 spiro atoms. The summed E-state index contributed by atoms with van der Waals surface area (Å²) in [6.07, 6.45) is 5.30. The van der Waals surface area contributed by atoms with E-state index in [9.17, 15) is 14.4 Å². The van der Waals surface area contributed by atoms with Gasteiger partial charge in [-0.25, -0.2) is 4.79 Å². The largest absolute Gasteiger partial charge is 0.361 e. The van der Waals surface area contributed by atoms with Gasteiger partial charge in [0.05, 0.1) is 6.54 Å². The predicted octanol–water partition coefficient (Wildman–Crippen LogP) is -0.280. The lowest BCUT2D eigenvalue weighted by Gasteiger charge is -2.10. The molecule has 2 heterocycles. The molecule has 116 valence electrons. The minimum atomic E-state index is -0.610. The van der Waals surface area contributed by atoms with Crippen LogP contribution in [0, 0.1) is 0 Å². The molecule has 2 N–H and O–H groups in total. The van der Waals surface area contributed by atoms with Crippen LogP contribution in [-0.2, 0) is 30.7 Å². The zero-order chi connectivity index (χ0) is 15.5. The van der Waals surface area contributed by atoms with Crippen LogP contribution in [-0.4, -0.2) is 20.6 Å². The molecular weight excluding hydrogens is 288 g/mol. The SMILES string of the molecule is O=C(Cn1ccc(=O)[nH]c1=O)NCc1noc2c1CCCC2. The molecule has 0 fully saturated rings. The Morgan fingerprint density at radius 3 is 3.00 bits per heavy atom. The van der Waals surface area contributed by atoms with Crippen LogP contribution >= 0.6 is 0 Å². The summed E-state index contributed by atoms with van der Waals surface area (Å²) in [7, 11) is 0. The van der Waals surface area contributed by atoms with Crippen LogP contribution in [0.2, 0.25) is 0 Å². The van der Waals surface area contributed by atoms with E-state index >= 15 is 0 Å². The van der Waals surface area contributed by atoms with Gasteiger partial charge in [0.15, 0.2) is 0 Å². The highest BCUT2D eigenvalue weighted by atomic mass is 16.5. The van der Waals surface area contributed by atoms with Crippen molar-refractivity contribution in [3.63, 3.8) is 0 Å². The number of fused-ring (bicyclic) bond motifs is 1. The fraction of sp³-hybridized carbons (Fsp3) is 0.429. The predicted molar refractivity (Wildman–Crippen MR) is 76.3 cm³/mol. The number of hydrogen-bond donors (Lipinski definition) is 2. The lowest BCUT2D eigenvalue weighted by molar-refractivity contribution is -0.121. The Labute approximate surface area is 125 Å². The molecule has 1 aliphatic rings. The number of aromatic amines is 1. The molecule has 2 aromatic heterocycles. The van der Waals surface area contributed by atoms with Crippen LogP contribution in [0.25, 0.3) is 0 Å². The molecule has 8 heteroatoms. The molecule has 2 aromatic rings. The molecule has 1 amide bonds. The number of carbonyl (C=O) groups excluding carboxylic acids is 1. The first-order valence-corrected chi connectivity index (χ1v) is 7.16. The summed E-state index contributed by atoms with van der Waals surface area (Å²) in [5.74, 6) is 0.578. The molecule has 0 saturated carbocycles. The van der Waals surface area contributed by atoms with E-state index in [4.69, 9.17) is 4.52 Å². The Bertz CT molecular complexity index is 802. The van der Waals surface area contributed by atoms with Gasteiger partial charge in [-0.3, -0.25) is 19.1 Å². The van der Waals surface area contributed by atoms with Crippen LogP contribution in [0.1, 0.15) is 29.9 Å². The number of amides is 1. The molecule has 3 rings (SSSR count). The third kappa shape index (κ3) is 3.00. The van der Waals surface area contributed by atoms with Gasteiger partial charge in [-0.15, -0.1) is 0 Å². The van der Waals surface area contributed by atoms with E-state index in [1.807, 2.05) is 0 Å². The zero-order valence-electron chi connectivity index (χ0n) is 11.9. The third-order valence-electron chi connectivity index (χ3n) is 3.70. The van der Waals surface area contributed by atoms with Gasteiger partial charge in [0, 0.05) is 24.2 Å². The second kappa shape index (κ2) is 6.00. The minimum absolute atomic E-state index is 0.157. The van der Waals surface area contributed by atoms with Crippen molar-refractivity contribution < 1.29 is 9.32 Å². The molecule has 0 unspecified atom stereocenters. The number of aromatic nitrogens is 3. The van der Waals surface area contributed by atoms with Gasteiger partial charge in [0.1, 0.15) is 18.0 Å². The first kappa shape index (κ1) is 14.3. The van der Waals surface area contributed by atoms with E-state index in [0.717, 1.165) is 47.3 Å². The fourth-order valence-electron chi connectivity index (χ4n) is 2.55. The highest BCUT2D eigenvalue weighted by Crippen LogP contribution is 2.23. The van der Waals surface area contributed by atoms with Gasteiger partial charge in [-0.1, -0.05) is 5.16 Å². The van der Waals surface area contributed by atoms with Gasteiger partial charge in [0.2, 0.25) is 5.91 Å². The summed E-state index contributed by atoms with van der Waals surface area (Å²) >= 11 is 0. The van der Waals surface area contributed by atoms with Gasteiger partial charge in [-0.05, 0) is 19.3 Å². The van der Waals surface area contributed by atoms with Crippen LogP contribution < -0.4 is 16.6 Å². The normalized spacial score (nSPS) is 13.6.